The minimum atomic E-state index is -2.12. The number of rotatable bonds is 3. The third-order valence-electron chi connectivity index (χ3n) is 4.85. The van der Waals surface area contributed by atoms with Gasteiger partial charge in [0.2, 0.25) is 0 Å². The minimum absolute atomic E-state index is 0.0891. The molecule has 1 saturated carbocycles. The van der Waals surface area contributed by atoms with Crippen LogP contribution >= 0.6 is 11.6 Å². The molecule has 0 unspecified atom stereocenters. The number of primary amides is 1. The Labute approximate surface area is 159 Å². The average molecular weight is 371 g/mol. The molecule has 26 heavy (non-hydrogen) atoms. The Morgan fingerprint density at radius 2 is 2.15 bits per heavy atom. The van der Waals surface area contributed by atoms with Gasteiger partial charge in [0.15, 0.2) is 5.43 Å². The maximum Gasteiger partial charge on any atom is 0.268 e. The molecule has 132 valence electrons. The number of aromatic nitrogens is 2. The van der Waals surface area contributed by atoms with E-state index in [9.17, 15) is 9.59 Å². The Kier molecular flexibility index (Phi) is 2.95. The number of benzene rings is 1. The van der Waals surface area contributed by atoms with E-state index in [-0.39, 0.29) is 11.1 Å². The molecule has 1 fully saturated rings. The highest BCUT2D eigenvalue weighted by Gasteiger charge is 2.40. The van der Waals surface area contributed by atoms with Crippen LogP contribution < -0.4 is 11.2 Å². The van der Waals surface area contributed by atoms with E-state index in [1.54, 1.807) is 18.2 Å². The van der Waals surface area contributed by atoms with Crippen LogP contribution in [0, 0.1) is 6.92 Å². The predicted molar refractivity (Wildman–Crippen MR) is 103 cm³/mol. The zero-order chi connectivity index (χ0) is 21.1. The van der Waals surface area contributed by atoms with Crippen molar-refractivity contribution in [3.8, 4) is 11.3 Å². The standard InChI is InChI=1S/C20H18ClN3O2/c1-10-7-12(20(2)4-5-20)13(21)8-11(10)15-9-16(25)17-14(24-15)3-6-23-18(17)19(22)26/h3,6-9H,4-5H2,1-2H3,(H2,22,26)(H,24,25)/i2D3. The van der Waals surface area contributed by atoms with Crippen molar-refractivity contribution in [3.05, 3.63) is 62.5 Å². The molecule has 1 aliphatic rings. The van der Waals surface area contributed by atoms with Gasteiger partial charge in [-0.05, 0) is 48.4 Å². The van der Waals surface area contributed by atoms with E-state index >= 15 is 0 Å². The number of aromatic amines is 1. The second-order valence-electron chi connectivity index (χ2n) is 6.72. The molecule has 0 radical (unpaired) electrons. The molecule has 0 atom stereocenters. The van der Waals surface area contributed by atoms with Crippen LogP contribution in [0.3, 0.4) is 0 Å². The molecule has 0 bridgehead atoms. The summed E-state index contributed by atoms with van der Waals surface area (Å²) in [4.78, 5) is 31.3. The van der Waals surface area contributed by atoms with Crippen molar-refractivity contribution >= 4 is 28.4 Å². The number of amides is 1. The zero-order valence-electron chi connectivity index (χ0n) is 17.0. The molecular formula is C20H18ClN3O2. The molecule has 3 N–H and O–H groups in total. The number of aryl methyl sites for hydroxylation is 1. The first-order valence-electron chi connectivity index (χ1n) is 9.68. The lowest BCUT2D eigenvalue weighted by molar-refractivity contribution is 0.0997. The van der Waals surface area contributed by atoms with Crippen molar-refractivity contribution in [2.75, 3.05) is 0 Å². The van der Waals surface area contributed by atoms with Gasteiger partial charge in [-0.15, -0.1) is 0 Å². The van der Waals surface area contributed by atoms with E-state index in [2.05, 4.69) is 9.97 Å². The Hall–Kier alpha value is -2.66. The third kappa shape index (κ3) is 2.59. The van der Waals surface area contributed by atoms with Crippen LogP contribution in [0.4, 0.5) is 0 Å². The molecule has 2 aromatic heterocycles. The van der Waals surface area contributed by atoms with E-state index < -0.39 is 23.6 Å². The second kappa shape index (κ2) is 5.68. The topological polar surface area (TPSA) is 88.8 Å². The quantitative estimate of drug-likeness (QED) is 0.736. The summed E-state index contributed by atoms with van der Waals surface area (Å²) in [5, 5.41) is 0.483. The second-order valence-corrected chi connectivity index (χ2v) is 7.13. The normalized spacial score (nSPS) is 17.4. The molecule has 2 heterocycles. The fourth-order valence-corrected chi connectivity index (χ4v) is 3.61. The van der Waals surface area contributed by atoms with Crippen molar-refractivity contribution in [1.82, 2.24) is 9.97 Å². The summed E-state index contributed by atoms with van der Waals surface area (Å²) < 4.78 is 23.6. The SMILES string of the molecule is [2H]C([2H])([2H])C1(c2cc(C)c(-c3cc(=O)c4c(C(N)=O)nccc4[nH]3)cc2Cl)CC1. The van der Waals surface area contributed by atoms with Crippen molar-refractivity contribution < 1.29 is 8.91 Å². The van der Waals surface area contributed by atoms with Gasteiger partial charge in [0, 0.05) is 27.0 Å². The Morgan fingerprint density at radius 3 is 2.81 bits per heavy atom. The van der Waals surface area contributed by atoms with Crippen LogP contribution in [-0.4, -0.2) is 15.9 Å². The smallest absolute Gasteiger partial charge is 0.268 e. The van der Waals surface area contributed by atoms with Gasteiger partial charge in [-0.25, -0.2) is 0 Å². The highest BCUT2D eigenvalue weighted by molar-refractivity contribution is 6.32. The number of carbonyl (C=O) groups is 1. The maximum atomic E-state index is 12.7. The van der Waals surface area contributed by atoms with Gasteiger partial charge in [-0.2, -0.15) is 0 Å². The molecule has 0 spiro atoms. The van der Waals surface area contributed by atoms with E-state index in [4.69, 9.17) is 21.4 Å². The first-order chi connectivity index (χ1) is 13.5. The lowest BCUT2D eigenvalue weighted by Gasteiger charge is -2.16. The monoisotopic (exact) mass is 370 g/mol. The number of pyridine rings is 2. The molecular weight excluding hydrogens is 350 g/mol. The largest absolute Gasteiger partial charge is 0.364 e. The van der Waals surface area contributed by atoms with Gasteiger partial charge in [-0.3, -0.25) is 14.6 Å². The van der Waals surface area contributed by atoms with Crippen molar-refractivity contribution in [2.45, 2.75) is 32.0 Å². The van der Waals surface area contributed by atoms with Crippen LogP contribution in [0.5, 0.6) is 0 Å². The summed E-state index contributed by atoms with van der Waals surface area (Å²) in [5.74, 6) is -0.781. The Balaban J connectivity index is 1.88. The number of nitrogens with one attached hydrogen (secondary N) is 1. The number of halogens is 1. The number of nitrogens with zero attached hydrogens (tertiary/aromatic N) is 1. The number of hydrogen-bond acceptors (Lipinski definition) is 3. The van der Waals surface area contributed by atoms with Gasteiger partial charge in [0.25, 0.3) is 5.91 Å². The average Bonchev–Trinajstić information content (AvgIpc) is 3.44. The number of H-pyrrole nitrogens is 1. The van der Waals surface area contributed by atoms with E-state index in [0.717, 1.165) is 5.56 Å². The Morgan fingerprint density at radius 1 is 1.38 bits per heavy atom. The van der Waals surface area contributed by atoms with E-state index in [0.29, 0.717) is 40.2 Å². The zero-order valence-corrected chi connectivity index (χ0v) is 14.8. The number of hydrogen-bond donors (Lipinski definition) is 2. The maximum absolute atomic E-state index is 12.7. The number of carbonyl (C=O) groups excluding carboxylic acids is 1. The molecule has 1 aromatic carbocycles. The van der Waals surface area contributed by atoms with Gasteiger partial charge < -0.3 is 10.7 Å². The summed E-state index contributed by atoms with van der Waals surface area (Å²) >= 11 is 6.49. The fourth-order valence-electron chi connectivity index (χ4n) is 3.26. The van der Waals surface area contributed by atoms with Gasteiger partial charge in [0.1, 0.15) is 5.69 Å². The van der Waals surface area contributed by atoms with Gasteiger partial charge >= 0.3 is 0 Å². The van der Waals surface area contributed by atoms with Crippen LogP contribution in [0.25, 0.3) is 22.2 Å². The molecule has 3 aromatic rings. The lowest BCUT2D eigenvalue weighted by atomic mass is 9.93. The molecule has 6 heteroatoms. The van der Waals surface area contributed by atoms with Crippen molar-refractivity contribution in [3.63, 3.8) is 0 Å². The summed E-state index contributed by atoms with van der Waals surface area (Å²) in [5.41, 5.74) is 6.96. The number of fused-ring (bicyclic) bond motifs is 1. The molecule has 1 amide bonds. The summed E-state index contributed by atoms with van der Waals surface area (Å²) in [6.45, 7) is -0.283. The summed E-state index contributed by atoms with van der Waals surface area (Å²) in [6, 6.07) is 6.43. The highest BCUT2D eigenvalue weighted by atomic mass is 35.5. The van der Waals surface area contributed by atoms with Crippen molar-refractivity contribution in [2.24, 2.45) is 5.73 Å². The van der Waals surface area contributed by atoms with E-state index in [1.165, 1.54) is 12.3 Å². The van der Waals surface area contributed by atoms with Crippen LogP contribution in [0.15, 0.2) is 35.3 Å². The minimum Gasteiger partial charge on any atom is -0.364 e. The highest BCUT2D eigenvalue weighted by Crippen LogP contribution is 2.50. The summed E-state index contributed by atoms with van der Waals surface area (Å²) in [6.07, 6.45) is 2.54. The predicted octanol–water partition coefficient (Wildman–Crippen LogP) is 3.70. The van der Waals surface area contributed by atoms with Gasteiger partial charge in [0.05, 0.1) is 16.6 Å². The Bertz CT molecular complexity index is 1230. The van der Waals surface area contributed by atoms with Crippen LogP contribution in [-0.2, 0) is 5.41 Å². The third-order valence-corrected chi connectivity index (χ3v) is 5.16. The fraction of sp³-hybridized carbons (Fsp3) is 0.250. The molecule has 0 aliphatic heterocycles. The van der Waals surface area contributed by atoms with E-state index in [1.807, 2.05) is 6.92 Å². The molecule has 5 nitrogen and oxygen atoms in total. The first-order valence-corrected chi connectivity index (χ1v) is 8.56. The first kappa shape index (κ1) is 13.5. The molecule has 1 aliphatic carbocycles. The lowest BCUT2D eigenvalue weighted by Crippen LogP contribution is -2.17. The molecule has 4 rings (SSSR count). The van der Waals surface area contributed by atoms with Crippen molar-refractivity contribution in [1.29, 1.82) is 0 Å². The molecule has 0 saturated heterocycles. The number of nitrogens with two attached hydrogens (primary N) is 1. The summed E-state index contributed by atoms with van der Waals surface area (Å²) in [7, 11) is 0. The van der Waals surface area contributed by atoms with Crippen LogP contribution in [0.1, 0.15) is 45.4 Å². The van der Waals surface area contributed by atoms with Crippen LogP contribution in [0.2, 0.25) is 5.02 Å². The van der Waals surface area contributed by atoms with Gasteiger partial charge in [-0.1, -0.05) is 24.5 Å².